The van der Waals surface area contributed by atoms with Gasteiger partial charge in [-0.25, -0.2) is 13.6 Å². The van der Waals surface area contributed by atoms with Crippen molar-refractivity contribution in [2.45, 2.75) is 12.6 Å². The van der Waals surface area contributed by atoms with Crippen LogP contribution in [-0.4, -0.2) is 14.9 Å². The maximum atomic E-state index is 13.2. The molecule has 1 atom stereocenters. The van der Waals surface area contributed by atoms with E-state index in [1.807, 2.05) is 6.07 Å². The van der Waals surface area contributed by atoms with Gasteiger partial charge in [-0.1, -0.05) is 24.3 Å². The van der Waals surface area contributed by atoms with E-state index in [-0.39, 0.29) is 18.0 Å². The van der Waals surface area contributed by atoms with Crippen LogP contribution < -0.4 is 5.76 Å². The summed E-state index contributed by atoms with van der Waals surface area (Å²) >= 11 is 0. The Morgan fingerprint density at radius 2 is 1.87 bits per heavy atom. The number of aliphatic hydroxyl groups excluding tert-OH is 1. The fourth-order valence-electron chi connectivity index (χ4n) is 2.11. The summed E-state index contributed by atoms with van der Waals surface area (Å²) < 4.78 is 32.1. The van der Waals surface area contributed by atoms with Crippen molar-refractivity contribution < 1.29 is 18.3 Å². The topological polar surface area (TPSA) is 68.3 Å². The molecule has 0 aliphatic carbocycles. The maximum absolute atomic E-state index is 13.2. The third-order valence-electron chi connectivity index (χ3n) is 3.30. The van der Waals surface area contributed by atoms with Crippen LogP contribution in [0.5, 0.6) is 0 Å². The second-order valence-corrected chi connectivity index (χ2v) is 4.91. The molecule has 0 aliphatic rings. The summed E-state index contributed by atoms with van der Waals surface area (Å²) in [5.41, 5.74) is 0.755. The molecule has 0 radical (unpaired) electrons. The van der Waals surface area contributed by atoms with E-state index in [1.54, 1.807) is 24.3 Å². The van der Waals surface area contributed by atoms with Crippen LogP contribution in [0.3, 0.4) is 0 Å². The number of aliphatic hydroxyl groups is 1. The predicted octanol–water partition coefficient (Wildman–Crippen LogP) is 2.52. The van der Waals surface area contributed by atoms with Gasteiger partial charge in [0, 0.05) is 5.56 Å². The van der Waals surface area contributed by atoms with E-state index in [9.17, 15) is 18.7 Å². The van der Waals surface area contributed by atoms with Crippen LogP contribution in [0, 0.1) is 11.6 Å². The molecule has 1 aromatic heterocycles. The first-order valence-corrected chi connectivity index (χ1v) is 6.81. The number of hydrogen-bond donors (Lipinski definition) is 1. The molecule has 0 fully saturated rings. The summed E-state index contributed by atoms with van der Waals surface area (Å²) in [5.74, 6) is -2.71. The van der Waals surface area contributed by atoms with Gasteiger partial charge >= 0.3 is 5.76 Å². The second kappa shape index (κ2) is 6.13. The molecule has 5 nitrogen and oxygen atoms in total. The van der Waals surface area contributed by atoms with Gasteiger partial charge in [0.05, 0.1) is 12.6 Å². The minimum Gasteiger partial charge on any atom is -0.388 e. The highest BCUT2D eigenvalue weighted by atomic mass is 19.2. The first-order valence-electron chi connectivity index (χ1n) is 6.81. The summed E-state index contributed by atoms with van der Waals surface area (Å²) in [6, 6.07) is 11.8. The number of halogens is 2. The number of benzene rings is 2. The molecule has 0 aliphatic heterocycles. The van der Waals surface area contributed by atoms with Gasteiger partial charge in [0.15, 0.2) is 11.6 Å². The third-order valence-corrected chi connectivity index (χ3v) is 3.30. The average molecular weight is 318 g/mol. The number of hydrogen-bond acceptors (Lipinski definition) is 4. The smallest absolute Gasteiger partial charge is 0.388 e. The molecular formula is C16H12F2N2O3. The normalized spacial score (nSPS) is 12.3. The van der Waals surface area contributed by atoms with Crippen molar-refractivity contribution in [3.63, 3.8) is 0 Å². The van der Waals surface area contributed by atoms with Gasteiger partial charge in [0.1, 0.15) is 0 Å². The molecule has 3 aromatic rings. The van der Waals surface area contributed by atoms with Gasteiger partial charge in [-0.15, -0.1) is 5.10 Å². The Morgan fingerprint density at radius 1 is 1.13 bits per heavy atom. The van der Waals surface area contributed by atoms with Crippen molar-refractivity contribution in [2.75, 3.05) is 0 Å². The first kappa shape index (κ1) is 15.1. The van der Waals surface area contributed by atoms with Crippen LogP contribution in [-0.2, 0) is 6.54 Å². The minimum atomic E-state index is -1.23. The lowest BCUT2D eigenvalue weighted by molar-refractivity contribution is 0.148. The van der Waals surface area contributed by atoms with Crippen molar-refractivity contribution in [3.8, 4) is 11.5 Å². The van der Waals surface area contributed by atoms with E-state index in [0.717, 1.165) is 16.8 Å². The van der Waals surface area contributed by atoms with Gasteiger partial charge in [-0.3, -0.25) is 0 Å². The van der Waals surface area contributed by atoms with Crippen molar-refractivity contribution in [2.24, 2.45) is 0 Å². The molecule has 0 spiro atoms. The second-order valence-electron chi connectivity index (χ2n) is 4.91. The maximum Gasteiger partial charge on any atom is 0.437 e. The van der Waals surface area contributed by atoms with Crippen LogP contribution in [0.4, 0.5) is 8.78 Å². The molecule has 0 unspecified atom stereocenters. The van der Waals surface area contributed by atoms with Gasteiger partial charge in [-0.05, 0) is 29.8 Å². The lowest BCUT2D eigenvalue weighted by atomic mass is 10.1. The van der Waals surface area contributed by atoms with Crippen molar-refractivity contribution in [1.82, 2.24) is 9.78 Å². The minimum absolute atomic E-state index is 0.119. The van der Waals surface area contributed by atoms with E-state index < -0.39 is 23.5 Å². The molecule has 1 heterocycles. The molecule has 1 N–H and O–H groups in total. The Hall–Kier alpha value is -2.80. The van der Waals surface area contributed by atoms with Crippen LogP contribution in [0.25, 0.3) is 11.5 Å². The Morgan fingerprint density at radius 3 is 2.57 bits per heavy atom. The molecule has 0 saturated carbocycles. The van der Waals surface area contributed by atoms with Gasteiger partial charge in [-0.2, -0.15) is 4.68 Å². The fraction of sp³-hybridized carbons (Fsp3) is 0.125. The number of aromatic nitrogens is 2. The molecule has 23 heavy (non-hydrogen) atoms. The quantitative estimate of drug-likeness (QED) is 0.802. The van der Waals surface area contributed by atoms with Gasteiger partial charge in [0.25, 0.3) is 0 Å². The van der Waals surface area contributed by atoms with Crippen LogP contribution in [0.1, 0.15) is 11.7 Å². The lowest BCUT2D eigenvalue weighted by Crippen LogP contribution is -2.20. The zero-order valence-corrected chi connectivity index (χ0v) is 11.8. The van der Waals surface area contributed by atoms with E-state index >= 15 is 0 Å². The Kier molecular flexibility index (Phi) is 4.03. The Bertz CT molecular complexity index is 875. The van der Waals surface area contributed by atoms with E-state index in [0.29, 0.717) is 5.56 Å². The third kappa shape index (κ3) is 3.19. The summed E-state index contributed by atoms with van der Waals surface area (Å²) in [4.78, 5) is 11.8. The lowest BCUT2D eigenvalue weighted by Gasteiger charge is -2.10. The largest absolute Gasteiger partial charge is 0.437 e. The van der Waals surface area contributed by atoms with Crippen molar-refractivity contribution >= 4 is 0 Å². The van der Waals surface area contributed by atoms with Crippen molar-refractivity contribution in [3.05, 3.63) is 76.3 Å². The van der Waals surface area contributed by atoms with E-state index in [2.05, 4.69) is 5.10 Å². The Balaban J connectivity index is 1.84. The SMILES string of the molecule is O=c1oc(-c2ccccc2)nn1C[C@H](O)c1ccc(F)c(F)c1. The molecular weight excluding hydrogens is 306 g/mol. The van der Waals surface area contributed by atoms with Gasteiger partial charge < -0.3 is 9.52 Å². The van der Waals surface area contributed by atoms with Crippen molar-refractivity contribution in [1.29, 1.82) is 0 Å². The summed E-state index contributed by atoms with van der Waals surface area (Å²) in [5, 5.41) is 14.1. The predicted molar refractivity (Wildman–Crippen MR) is 77.5 cm³/mol. The highest BCUT2D eigenvalue weighted by molar-refractivity contribution is 5.51. The summed E-state index contributed by atoms with van der Waals surface area (Å²) in [6.07, 6.45) is -1.23. The molecule has 0 bridgehead atoms. The van der Waals surface area contributed by atoms with Crippen LogP contribution >= 0.6 is 0 Å². The first-order chi connectivity index (χ1) is 11.0. The van der Waals surface area contributed by atoms with Crippen LogP contribution in [0.2, 0.25) is 0 Å². The summed E-state index contributed by atoms with van der Waals surface area (Å²) in [6.45, 7) is -0.236. The molecule has 2 aromatic carbocycles. The molecule has 0 amide bonds. The average Bonchev–Trinajstić information content (AvgIpc) is 2.92. The highest BCUT2D eigenvalue weighted by Crippen LogP contribution is 2.19. The monoisotopic (exact) mass is 318 g/mol. The number of nitrogens with zero attached hydrogens (tertiary/aromatic N) is 2. The molecule has 3 rings (SSSR count). The highest BCUT2D eigenvalue weighted by Gasteiger charge is 2.16. The molecule has 7 heteroatoms. The molecule has 0 saturated heterocycles. The van der Waals surface area contributed by atoms with Gasteiger partial charge in [0.2, 0.25) is 5.89 Å². The van der Waals surface area contributed by atoms with E-state index in [4.69, 9.17) is 4.42 Å². The van der Waals surface area contributed by atoms with E-state index in [1.165, 1.54) is 6.07 Å². The Labute approximate surface area is 129 Å². The zero-order chi connectivity index (χ0) is 16.4. The molecule has 118 valence electrons. The fourth-order valence-corrected chi connectivity index (χ4v) is 2.11. The summed E-state index contributed by atoms with van der Waals surface area (Å²) in [7, 11) is 0. The number of rotatable bonds is 4. The van der Waals surface area contributed by atoms with Crippen LogP contribution in [0.15, 0.2) is 57.7 Å². The zero-order valence-electron chi connectivity index (χ0n) is 11.8. The standard InChI is InChI=1S/C16H12F2N2O3/c17-12-7-6-11(8-13(12)18)14(21)9-20-16(22)23-15(19-20)10-4-2-1-3-5-10/h1-8,14,21H,9H2/t14-/m0/s1.